The summed E-state index contributed by atoms with van der Waals surface area (Å²) in [6.07, 6.45) is 0. The van der Waals surface area contributed by atoms with Gasteiger partial charge in [-0.2, -0.15) is 0 Å². The third kappa shape index (κ3) is 6.44. The van der Waals surface area contributed by atoms with E-state index < -0.39 is 12.1 Å². The molecule has 0 bridgehead atoms. The van der Waals surface area contributed by atoms with Crippen LogP contribution < -0.4 is 15.4 Å². The van der Waals surface area contributed by atoms with Gasteiger partial charge in [0.2, 0.25) is 5.91 Å². The predicted octanol–water partition coefficient (Wildman–Crippen LogP) is 1.99. The third-order valence-corrected chi connectivity index (χ3v) is 3.67. The number of likely N-dealkylation sites (N-methyl/N-ethyl adjacent to an activating group) is 1. The van der Waals surface area contributed by atoms with Crippen LogP contribution in [0.3, 0.4) is 0 Å². The Morgan fingerprint density at radius 3 is 2.55 bits per heavy atom. The number of urea groups is 1. The van der Waals surface area contributed by atoms with Crippen molar-refractivity contribution >= 4 is 27.9 Å². The largest absolute Gasteiger partial charge is 0.492 e. The molecule has 0 aliphatic carbocycles. The van der Waals surface area contributed by atoms with Crippen molar-refractivity contribution in [2.24, 2.45) is 0 Å². The fourth-order valence-corrected chi connectivity index (χ4v) is 1.92. The number of rotatable bonds is 7. The van der Waals surface area contributed by atoms with E-state index in [1.54, 1.807) is 13.8 Å². The summed E-state index contributed by atoms with van der Waals surface area (Å²) in [5.41, 5.74) is 0. The van der Waals surface area contributed by atoms with E-state index in [4.69, 9.17) is 4.74 Å². The highest BCUT2D eigenvalue weighted by Crippen LogP contribution is 2.15. The Hall–Kier alpha value is -1.60. The molecule has 3 amide bonds. The zero-order valence-electron chi connectivity index (χ0n) is 13.1. The number of amides is 3. The maximum absolute atomic E-state index is 11.9. The van der Waals surface area contributed by atoms with E-state index in [1.165, 1.54) is 0 Å². The van der Waals surface area contributed by atoms with Crippen LogP contribution in [0.25, 0.3) is 0 Å². The minimum atomic E-state index is -0.473. The highest BCUT2D eigenvalue weighted by molar-refractivity contribution is 9.10. The molecule has 0 fully saturated rings. The first kappa shape index (κ1) is 18.4. The van der Waals surface area contributed by atoms with Gasteiger partial charge in [-0.3, -0.25) is 15.0 Å². The second-order valence-electron chi connectivity index (χ2n) is 4.81. The summed E-state index contributed by atoms with van der Waals surface area (Å²) in [5, 5.41) is 4.82. The van der Waals surface area contributed by atoms with Crippen molar-refractivity contribution in [1.82, 2.24) is 15.5 Å². The Morgan fingerprint density at radius 2 is 1.95 bits per heavy atom. The van der Waals surface area contributed by atoms with Crippen LogP contribution in [-0.4, -0.2) is 49.6 Å². The molecule has 0 aliphatic rings. The zero-order valence-corrected chi connectivity index (χ0v) is 14.6. The molecular formula is C15H22BrN3O3. The number of hydrogen-bond donors (Lipinski definition) is 2. The molecule has 0 heterocycles. The lowest BCUT2D eigenvalue weighted by Crippen LogP contribution is -2.49. The average Bonchev–Trinajstić information content (AvgIpc) is 2.48. The molecule has 0 saturated heterocycles. The van der Waals surface area contributed by atoms with Crippen LogP contribution in [-0.2, 0) is 4.79 Å². The van der Waals surface area contributed by atoms with Crippen LogP contribution in [0.4, 0.5) is 4.79 Å². The molecular weight excluding hydrogens is 350 g/mol. The first-order chi connectivity index (χ1) is 10.4. The number of benzene rings is 1. The van der Waals surface area contributed by atoms with Gasteiger partial charge in [-0.1, -0.05) is 15.9 Å². The Bertz CT molecular complexity index is 493. The third-order valence-electron chi connectivity index (χ3n) is 3.14. The quantitative estimate of drug-likeness (QED) is 0.768. The summed E-state index contributed by atoms with van der Waals surface area (Å²) < 4.78 is 6.60. The summed E-state index contributed by atoms with van der Waals surface area (Å²) in [6, 6.07) is 6.66. The maximum atomic E-state index is 11.9. The first-order valence-corrected chi connectivity index (χ1v) is 7.90. The van der Waals surface area contributed by atoms with E-state index >= 15 is 0 Å². The monoisotopic (exact) mass is 371 g/mol. The van der Waals surface area contributed by atoms with E-state index in [9.17, 15) is 9.59 Å². The topological polar surface area (TPSA) is 70.7 Å². The number of halogens is 1. The number of carbonyl (C=O) groups excluding carboxylic acids is 2. The Kier molecular flexibility index (Phi) is 7.90. The number of hydrogen-bond acceptors (Lipinski definition) is 4. The molecule has 1 aromatic rings. The normalized spacial score (nSPS) is 11.9. The second kappa shape index (κ2) is 9.42. The molecule has 0 aromatic heterocycles. The van der Waals surface area contributed by atoms with Crippen molar-refractivity contribution in [3.8, 4) is 5.75 Å². The lowest BCUT2D eigenvalue weighted by molar-refractivity contribution is -0.124. The van der Waals surface area contributed by atoms with Crippen LogP contribution in [0.15, 0.2) is 28.7 Å². The van der Waals surface area contributed by atoms with Gasteiger partial charge in [0.25, 0.3) is 0 Å². The molecule has 1 rings (SSSR count). The van der Waals surface area contributed by atoms with Crippen LogP contribution in [0.5, 0.6) is 5.75 Å². The van der Waals surface area contributed by atoms with E-state index in [0.29, 0.717) is 19.7 Å². The number of nitrogens with one attached hydrogen (secondary N) is 2. The Morgan fingerprint density at radius 1 is 1.32 bits per heavy atom. The van der Waals surface area contributed by atoms with Gasteiger partial charge in [0.05, 0.1) is 6.04 Å². The van der Waals surface area contributed by atoms with Crippen molar-refractivity contribution < 1.29 is 14.3 Å². The summed E-state index contributed by atoms with van der Waals surface area (Å²) in [6.45, 7) is 5.04. The van der Waals surface area contributed by atoms with Crippen molar-refractivity contribution in [2.75, 3.05) is 26.7 Å². The van der Waals surface area contributed by atoms with Crippen molar-refractivity contribution in [3.63, 3.8) is 0 Å². The molecule has 0 unspecified atom stereocenters. The molecule has 0 spiro atoms. The molecule has 0 saturated carbocycles. The highest BCUT2D eigenvalue weighted by atomic mass is 79.9. The highest BCUT2D eigenvalue weighted by Gasteiger charge is 2.19. The van der Waals surface area contributed by atoms with Crippen molar-refractivity contribution in [2.45, 2.75) is 19.9 Å². The molecule has 0 aliphatic heterocycles. The van der Waals surface area contributed by atoms with Gasteiger partial charge in [-0.15, -0.1) is 0 Å². The van der Waals surface area contributed by atoms with Gasteiger partial charge in [-0.25, -0.2) is 4.79 Å². The lowest BCUT2D eigenvalue weighted by atomic mass is 10.3. The minimum Gasteiger partial charge on any atom is -0.492 e. The van der Waals surface area contributed by atoms with E-state index in [0.717, 1.165) is 10.2 Å². The molecule has 122 valence electrons. The molecule has 2 N–H and O–H groups in total. The van der Waals surface area contributed by atoms with Gasteiger partial charge < -0.3 is 10.1 Å². The summed E-state index contributed by atoms with van der Waals surface area (Å²) in [4.78, 5) is 25.0. The smallest absolute Gasteiger partial charge is 0.321 e. The maximum Gasteiger partial charge on any atom is 0.321 e. The fourth-order valence-electron chi connectivity index (χ4n) is 1.65. The summed E-state index contributed by atoms with van der Waals surface area (Å²) >= 11 is 3.36. The van der Waals surface area contributed by atoms with Crippen LogP contribution in [0.2, 0.25) is 0 Å². The molecule has 7 heteroatoms. The minimum absolute atomic E-state index is 0.336. The fraction of sp³-hybridized carbons (Fsp3) is 0.467. The van der Waals surface area contributed by atoms with E-state index in [-0.39, 0.29) is 5.91 Å². The number of nitrogens with zero attached hydrogens (tertiary/aromatic N) is 1. The SMILES string of the molecule is CCNC(=O)NC(=O)[C@H](C)N(C)CCOc1ccc(Br)cc1. The number of carbonyl (C=O) groups is 2. The molecule has 6 nitrogen and oxygen atoms in total. The second-order valence-corrected chi connectivity index (χ2v) is 5.72. The Balaban J connectivity index is 2.34. The van der Waals surface area contributed by atoms with Crippen LogP contribution in [0, 0.1) is 0 Å². The van der Waals surface area contributed by atoms with E-state index in [2.05, 4.69) is 26.6 Å². The average molecular weight is 372 g/mol. The van der Waals surface area contributed by atoms with Gasteiger partial charge >= 0.3 is 6.03 Å². The predicted molar refractivity (Wildman–Crippen MR) is 88.9 cm³/mol. The van der Waals surface area contributed by atoms with Gasteiger partial charge in [0.15, 0.2) is 0 Å². The van der Waals surface area contributed by atoms with Gasteiger partial charge in [-0.05, 0) is 45.2 Å². The molecule has 0 radical (unpaired) electrons. The molecule has 1 aromatic carbocycles. The van der Waals surface area contributed by atoms with Crippen molar-refractivity contribution in [3.05, 3.63) is 28.7 Å². The standard InChI is InChI=1S/C15H22BrN3O3/c1-4-17-15(21)18-14(20)11(2)19(3)9-10-22-13-7-5-12(16)6-8-13/h5-8,11H,4,9-10H2,1-3H3,(H2,17,18,20,21)/t11-/m0/s1. The number of imide groups is 1. The summed E-state index contributed by atoms with van der Waals surface area (Å²) in [7, 11) is 1.81. The van der Waals surface area contributed by atoms with Gasteiger partial charge in [0.1, 0.15) is 12.4 Å². The summed E-state index contributed by atoms with van der Waals surface area (Å²) in [5.74, 6) is 0.438. The van der Waals surface area contributed by atoms with Gasteiger partial charge in [0, 0.05) is 17.6 Å². The van der Waals surface area contributed by atoms with E-state index in [1.807, 2.05) is 36.2 Å². The van der Waals surface area contributed by atoms with Crippen LogP contribution in [0.1, 0.15) is 13.8 Å². The first-order valence-electron chi connectivity index (χ1n) is 7.11. The molecule has 1 atom stereocenters. The lowest BCUT2D eigenvalue weighted by Gasteiger charge is -2.23. The van der Waals surface area contributed by atoms with Crippen LogP contribution >= 0.6 is 15.9 Å². The van der Waals surface area contributed by atoms with Crippen molar-refractivity contribution in [1.29, 1.82) is 0 Å². The molecule has 22 heavy (non-hydrogen) atoms. The Labute approximate surface area is 139 Å². The number of ether oxygens (including phenoxy) is 1. The zero-order chi connectivity index (χ0) is 16.5.